The van der Waals surface area contributed by atoms with Gasteiger partial charge in [0.25, 0.3) is 0 Å². The van der Waals surface area contributed by atoms with Crippen molar-refractivity contribution in [3.63, 3.8) is 0 Å². The summed E-state index contributed by atoms with van der Waals surface area (Å²) in [4.78, 5) is 4.96. The Hall–Kier alpha value is -2.08. The number of piperazine rings is 1. The molecule has 5 heteroatoms. The second-order valence-electron chi connectivity index (χ2n) is 7.05. The van der Waals surface area contributed by atoms with Gasteiger partial charge >= 0.3 is 0 Å². The van der Waals surface area contributed by atoms with Gasteiger partial charge in [-0.25, -0.2) is 0 Å². The molecule has 2 aromatic carbocycles. The van der Waals surface area contributed by atoms with E-state index in [4.69, 9.17) is 9.47 Å². The lowest BCUT2D eigenvalue weighted by molar-refractivity contribution is 0.0499. The topological polar surface area (TPSA) is 45.2 Å². The summed E-state index contributed by atoms with van der Waals surface area (Å²) < 4.78 is 10.8. The Balaban J connectivity index is 1.64. The number of hydrogen-bond acceptors (Lipinski definition) is 5. The fraction of sp³-hybridized carbons (Fsp3) is 0.455. The zero-order valence-corrected chi connectivity index (χ0v) is 16.3. The van der Waals surface area contributed by atoms with E-state index < -0.39 is 0 Å². The number of methoxy groups -OCH3 is 2. The summed E-state index contributed by atoms with van der Waals surface area (Å²) in [6.45, 7) is 5.02. The second-order valence-corrected chi connectivity index (χ2v) is 7.05. The van der Waals surface area contributed by atoms with E-state index in [1.54, 1.807) is 14.2 Å². The molecule has 1 saturated heterocycles. The highest BCUT2D eigenvalue weighted by Crippen LogP contribution is 2.28. The first-order chi connectivity index (χ1) is 13.2. The molecule has 1 fully saturated rings. The van der Waals surface area contributed by atoms with Gasteiger partial charge in [0.15, 0.2) is 11.5 Å². The molecule has 0 amide bonds. The Morgan fingerprint density at radius 3 is 2.41 bits per heavy atom. The van der Waals surface area contributed by atoms with Crippen LogP contribution in [0.3, 0.4) is 0 Å². The number of nitrogens with zero attached hydrogens (tertiary/aromatic N) is 2. The summed E-state index contributed by atoms with van der Waals surface area (Å²) in [7, 11) is 3.32. The number of benzene rings is 2. The third kappa shape index (κ3) is 5.22. The van der Waals surface area contributed by atoms with Crippen molar-refractivity contribution < 1.29 is 14.6 Å². The van der Waals surface area contributed by atoms with E-state index in [1.807, 2.05) is 6.07 Å². The van der Waals surface area contributed by atoms with Crippen molar-refractivity contribution in [3.05, 3.63) is 59.7 Å². The Labute approximate surface area is 162 Å². The SMILES string of the molecule is COc1ccc(CN2CCN(Cc3ccccc3)[C@@H](CCO)C2)cc1OC. The largest absolute Gasteiger partial charge is 0.493 e. The van der Waals surface area contributed by atoms with Crippen LogP contribution in [0.2, 0.25) is 0 Å². The van der Waals surface area contributed by atoms with Gasteiger partial charge in [-0.1, -0.05) is 36.4 Å². The fourth-order valence-electron chi connectivity index (χ4n) is 3.79. The molecule has 0 spiro atoms. The van der Waals surface area contributed by atoms with Gasteiger partial charge in [0.05, 0.1) is 14.2 Å². The lowest BCUT2D eigenvalue weighted by Gasteiger charge is -2.41. The van der Waals surface area contributed by atoms with Gasteiger partial charge in [0.2, 0.25) is 0 Å². The predicted octanol–water partition coefficient (Wildman–Crippen LogP) is 2.77. The molecule has 5 nitrogen and oxygen atoms in total. The quantitative estimate of drug-likeness (QED) is 0.774. The highest BCUT2D eigenvalue weighted by molar-refractivity contribution is 5.42. The Morgan fingerprint density at radius 1 is 0.926 bits per heavy atom. The molecule has 0 bridgehead atoms. The van der Waals surface area contributed by atoms with Crippen molar-refractivity contribution in [1.29, 1.82) is 0 Å². The van der Waals surface area contributed by atoms with Crippen molar-refractivity contribution in [3.8, 4) is 11.5 Å². The van der Waals surface area contributed by atoms with Crippen molar-refractivity contribution >= 4 is 0 Å². The van der Waals surface area contributed by atoms with Crippen LogP contribution in [0.1, 0.15) is 17.5 Å². The van der Waals surface area contributed by atoms with Crippen molar-refractivity contribution in [1.82, 2.24) is 9.80 Å². The molecule has 0 aromatic heterocycles. The van der Waals surface area contributed by atoms with Crippen LogP contribution in [0, 0.1) is 0 Å². The first-order valence-electron chi connectivity index (χ1n) is 9.55. The average molecular weight is 370 g/mol. The van der Waals surface area contributed by atoms with E-state index in [-0.39, 0.29) is 6.61 Å². The van der Waals surface area contributed by atoms with Crippen LogP contribution in [-0.2, 0) is 13.1 Å². The third-order valence-corrected chi connectivity index (χ3v) is 5.23. The zero-order valence-electron chi connectivity index (χ0n) is 16.3. The lowest BCUT2D eigenvalue weighted by atomic mass is 10.1. The molecule has 146 valence electrons. The summed E-state index contributed by atoms with van der Waals surface area (Å²) in [5.74, 6) is 1.52. The summed E-state index contributed by atoms with van der Waals surface area (Å²) in [6.07, 6.45) is 0.801. The molecular formula is C22H30N2O3. The highest BCUT2D eigenvalue weighted by atomic mass is 16.5. The minimum absolute atomic E-state index is 0.222. The van der Waals surface area contributed by atoms with E-state index >= 15 is 0 Å². The standard InChI is InChI=1S/C22H30N2O3/c1-26-21-9-8-19(14-22(21)27-2)15-23-11-12-24(20(17-23)10-13-25)16-18-6-4-3-5-7-18/h3-9,14,20,25H,10-13,15-17H2,1-2H3/t20-/m0/s1. The first kappa shape index (κ1) is 19.7. The number of ether oxygens (including phenoxy) is 2. The highest BCUT2D eigenvalue weighted by Gasteiger charge is 2.26. The van der Waals surface area contributed by atoms with Gasteiger partial charge in [-0.2, -0.15) is 0 Å². The number of aliphatic hydroxyl groups is 1. The zero-order chi connectivity index (χ0) is 19.1. The van der Waals surface area contributed by atoms with E-state index in [2.05, 4.69) is 52.3 Å². The molecule has 0 unspecified atom stereocenters. The average Bonchev–Trinajstić information content (AvgIpc) is 2.71. The molecule has 3 rings (SSSR count). The van der Waals surface area contributed by atoms with Crippen LogP contribution in [0.15, 0.2) is 48.5 Å². The van der Waals surface area contributed by atoms with Gasteiger partial charge in [-0.15, -0.1) is 0 Å². The molecule has 0 radical (unpaired) electrons. The molecule has 1 aliphatic rings. The Morgan fingerprint density at radius 2 is 1.70 bits per heavy atom. The van der Waals surface area contributed by atoms with E-state index in [9.17, 15) is 5.11 Å². The number of aliphatic hydroxyl groups excluding tert-OH is 1. The van der Waals surface area contributed by atoms with Gasteiger partial charge < -0.3 is 14.6 Å². The van der Waals surface area contributed by atoms with Crippen LogP contribution >= 0.6 is 0 Å². The molecule has 0 saturated carbocycles. The predicted molar refractivity (Wildman–Crippen MR) is 107 cm³/mol. The summed E-state index contributed by atoms with van der Waals surface area (Å²) in [5, 5.41) is 9.53. The van der Waals surface area contributed by atoms with Crippen LogP contribution in [-0.4, -0.2) is 61.4 Å². The fourth-order valence-corrected chi connectivity index (χ4v) is 3.79. The molecule has 1 N–H and O–H groups in total. The second kappa shape index (κ2) is 9.74. The smallest absolute Gasteiger partial charge is 0.161 e. The third-order valence-electron chi connectivity index (χ3n) is 5.23. The number of hydrogen-bond donors (Lipinski definition) is 1. The Kier molecular flexibility index (Phi) is 7.10. The first-order valence-corrected chi connectivity index (χ1v) is 9.55. The van der Waals surface area contributed by atoms with Crippen molar-refractivity contribution in [2.45, 2.75) is 25.6 Å². The van der Waals surface area contributed by atoms with Crippen LogP contribution < -0.4 is 9.47 Å². The van der Waals surface area contributed by atoms with Crippen molar-refractivity contribution in [2.24, 2.45) is 0 Å². The molecule has 1 heterocycles. The van der Waals surface area contributed by atoms with Crippen molar-refractivity contribution in [2.75, 3.05) is 40.5 Å². The monoisotopic (exact) mass is 370 g/mol. The minimum Gasteiger partial charge on any atom is -0.493 e. The van der Waals surface area contributed by atoms with Gasteiger partial charge in [-0.3, -0.25) is 9.80 Å². The summed E-state index contributed by atoms with van der Waals surface area (Å²) in [5.41, 5.74) is 2.54. The van der Waals surface area contributed by atoms with Crippen LogP contribution in [0.4, 0.5) is 0 Å². The molecule has 1 aliphatic heterocycles. The maximum Gasteiger partial charge on any atom is 0.161 e. The number of rotatable bonds is 8. The maximum absolute atomic E-state index is 9.53. The molecule has 27 heavy (non-hydrogen) atoms. The normalized spacial score (nSPS) is 18.4. The Bertz CT molecular complexity index is 708. The summed E-state index contributed by atoms with van der Waals surface area (Å²) >= 11 is 0. The van der Waals surface area contributed by atoms with Gasteiger partial charge in [-0.05, 0) is 29.7 Å². The lowest BCUT2D eigenvalue weighted by Crippen LogP contribution is -2.52. The van der Waals surface area contributed by atoms with E-state index in [1.165, 1.54) is 11.1 Å². The summed E-state index contributed by atoms with van der Waals surface area (Å²) in [6, 6.07) is 17.0. The molecule has 1 atom stereocenters. The van der Waals surface area contributed by atoms with E-state index in [0.29, 0.717) is 6.04 Å². The molecular weight excluding hydrogens is 340 g/mol. The van der Waals surface area contributed by atoms with Gasteiger partial charge in [0, 0.05) is 45.4 Å². The minimum atomic E-state index is 0.222. The van der Waals surface area contributed by atoms with Crippen LogP contribution in [0.25, 0.3) is 0 Å². The molecule has 2 aromatic rings. The molecule has 0 aliphatic carbocycles. The van der Waals surface area contributed by atoms with Gasteiger partial charge in [0.1, 0.15) is 0 Å². The van der Waals surface area contributed by atoms with E-state index in [0.717, 1.165) is 50.6 Å². The maximum atomic E-state index is 9.53. The van der Waals surface area contributed by atoms with Crippen LogP contribution in [0.5, 0.6) is 11.5 Å².